The summed E-state index contributed by atoms with van der Waals surface area (Å²) in [6, 6.07) is 1.73. The molecular formula is C14H23N3O3S. The zero-order valence-corrected chi connectivity index (χ0v) is 14.0. The van der Waals surface area contributed by atoms with Crippen molar-refractivity contribution < 1.29 is 13.2 Å². The van der Waals surface area contributed by atoms with Crippen LogP contribution in [0.1, 0.15) is 23.6 Å². The van der Waals surface area contributed by atoms with Gasteiger partial charge in [0.1, 0.15) is 0 Å². The fourth-order valence-electron chi connectivity index (χ4n) is 2.14. The Kier molecular flexibility index (Phi) is 5.36. The van der Waals surface area contributed by atoms with Crippen molar-refractivity contribution >= 4 is 21.6 Å². The molecule has 21 heavy (non-hydrogen) atoms. The molecule has 0 radical (unpaired) electrons. The number of nitrogens with one attached hydrogen (secondary N) is 1. The Morgan fingerprint density at radius 3 is 2.38 bits per heavy atom. The van der Waals surface area contributed by atoms with Crippen LogP contribution in [0.4, 0.5) is 5.69 Å². The first-order valence-corrected chi connectivity index (χ1v) is 8.20. The van der Waals surface area contributed by atoms with Gasteiger partial charge in [-0.3, -0.25) is 4.79 Å². The van der Waals surface area contributed by atoms with Crippen molar-refractivity contribution in [3.63, 3.8) is 0 Å². The maximum absolute atomic E-state index is 12.4. The lowest BCUT2D eigenvalue weighted by molar-refractivity contribution is -0.128. The maximum atomic E-state index is 12.4. The van der Waals surface area contributed by atoms with E-state index >= 15 is 0 Å². The molecule has 3 N–H and O–H groups in total. The lowest BCUT2D eigenvalue weighted by atomic mass is 10.1. The van der Waals surface area contributed by atoms with Crippen molar-refractivity contribution in [2.24, 2.45) is 0 Å². The van der Waals surface area contributed by atoms with Crippen LogP contribution in [0.2, 0.25) is 0 Å². The van der Waals surface area contributed by atoms with Crippen molar-refractivity contribution in [2.75, 3.05) is 25.9 Å². The summed E-state index contributed by atoms with van der Waals surface area (Å²) in [6.07, 6.45) is 0. The van der Waals surface area contributed by atoms with Crippen molar-refractivity contribution in [3.8, 4) is 0 Å². The largest absolute Gasteiger partial charge is 0.398 e. The molecule has 1 rings (SSSR count). The summed E-state index contributed by atoms with van der Waals surface area (Å²) < 4.78 is 27.2. The number of amides is 1. The number of nitrogens with zero attached hydrogens (tertiary/aromatic N) is 1. The molecular weight excluding hydrogens is 290 g/mol. The molecule has 1 amide bonds. The van der Waals surface area contributed by atoms with E-state index in [-0.39, 0.29) is 17.3 Å². The van der Waals surface area contributed by atoms with E-state index < -0.39 is 10.0 Å². The van der Waals surface area contributed by atoms with Crippen LogP contribution >= 0.6 is 0 Å². The first-order valence-electron chi connectivity index (χ1n) is 6.71. The zero-order chi connectivity index (χ0) is 16.4. The predicted molar refractivity (Wildman–Crippen MR) is 83.6 cm³/mol. The molecule has 0 saturated heterocycles. The molecule has 0 aliphatic heterocycles. The second-order valence-electron chi connectivity index (χ2n) is 5.11. The Labute approximate surface area is 126 Å². The Hall–Kier alpha value is -1.60. The summed E-state index contributed by atoms with van der Waals surface area (Å²) in [5, 5.41) is 0. The molecule has 0 saturated carbocycles. The van der Waals surface area contributed by atoms with Gasteiger partial charge < -0.3 is 10.6 Å². The number of benzene rings is 1. The second-order valence-corrected chi connectivity index (χ2v) is 6.81. The molecule has 1 aromatic carbocycles. The highest BCUT2D eigenvalue weighted by Crippen LogP contribution is 2.27. The van der Waals surface area contributed by atoms with E-state index in [9.17, 15) is 13.2 Å². The highest BCUT2D eigenvalue weighted by molar-refractivity contribution is 7.89. The van der Waals surface area contributed by atoms with Crippen LogP contribution in [0.3, 0.4) is 0 Å². The van der Waals surface area contributed by atoms with Crippen LogP contribution in [-0.4, -0.2) is 39.4 Å². The quantitative estimate of drug-likeness (QED) is 0.792. The summed E-state index contributed by atoms with van der Waals surface area (Å²) in [6.45, 7) is 7.30. The summed E-state index contributed by atoms with van der Waals surface area (Å²) in [4.78, 5) is 13.3. The van der Waals surface area contributed by atoms with Gasteiger partial charge in [-0.1, -0.05) is 6.07 Å². The molecule has 0 fully saturated rings. The second kappa shape index (κ2) is 6.44. The van der Waals surface area contributed by atoms with Crippen molar-refractivity contribution in [3.05, 3.63) is 22.8 Å². The van der Waals surface area contributed by atoms with Crippen LogP contribution in [0.25, 0.3) is 0 Å². The van der Waals surface area contributed by atoms with Gasteiger partial charge in [0.15, 0.2) is 0 Å². The SMILES string of the molecule is CCN(C)C(=O)CNS(=O)(=O)c1c(C)cc(C)c(N)c1C. The number of hydrogen-bond donors (Lipinski definition) is 2. The normalized spacial score (nSPS) is 11.5. The van der Waals surface area contributed by atoms with Crippen molar-refractivity contribution in [1.29, 1.82) is 0 Å². The maximum Gasteiger partial charge on any atom is 0.241 e. The topological polar surface area (TPSA) is 92.5 Å². The van der Waals surface area contributed by atoms with Gasteiger partial charge in [0.25, 0.3) is 0 Å². The smallest absolute Gasteiger partial charge is 0.241 e. The van der Waals surface area contributed by atoms with Gasteiger partial charge in [-0.05, 0) is 44.4 Å². The van der Waals surface area contributed by atoms with E-state index in [4.69, 9.17) is 5.73 Å². The highest BCUT2D eigenvalue weighted by Gasteiger charge is 2.23. The number of aryl methyl sites for hydroxylation is 2. The molecule has 0 aliphatic rings. The van der Waals surface area contributed by atoms with E-state index in [0.29, 0.717) is 23.4 Å². The number of rotatable bonds is 5. The number of anilines is 1. The molecule has 0 heterocycles. The molecule has 1 aromatic rings. The van der Waals surface area contributed by atoms with Gasteiger partial charge in [-0.2, -0.15) is 0 Å². The minimum atomic E-state index is -3.78. The zero-order valence-electron chi connectivity index (χ0n) is 13.1. The summed E-state index contributed by atoms with van der Waals surface area (Å²) >= 11 is 0. The van der Waals surface area contributed by atoms with Gasteiger partial charge >= 0.3 is 0 Å². The third kappa shape index (κ3) is 3.74. The Morgan fingerprint density at radius 2 is 1.86 bits per heavy atom. The Balaban J connectivity index is 3.10. The molecule has 0 bridgehead atoms. The number of carbonyl (C=O) groups is 1. The molecule has 0 unspecified atom stereocenters. The molecule has 118 valence electrons. The molecule has 7 heteroatoms. The van der Waals surface area contributed by atoms with Crippen LogP contribution in [0.15, 0.2) is 11.0 Å². The number of sulfonamides is 1. The summed E-state index contributed by atoms with van der Waals surface area (Å²) in [7, 11) is -2.15. The predicted octanol–water partition coefficient (Wildman–Crippen LogP) is 0.951. The molecule has 0 aliphatic carbocycles. The van der Waals surface area contributed by atoms with Crippen LogP contribution < -0.4 is 10.5 Å². The van der Waals surface area contributed by atoms with Gasteiger partial charge in [-0.25, -0.2) is 13.1 Å². The number of likely N-dealkylation sites (N-methyl/N-ethyl adjacent to an activating group) is 1. The first-order chi connectivity index (χ1) is 9.61. The third-order valence-electron chi connectivity index (χ3n) is 3.54. The van der Waals surface area contributed by atoms with E-state index in [1.807, 2.05) is 13.8 Å². The number of nitrogen functional groups attached to an aromatic ring is 1. The monoisotopic (exact) mass is 313 g/mol. The third-order valence-corrected chi connectivity index (χ3v) is 5.23. The molecule has 0 spiro atoms. The minimum absolute atomic E-state index is 0.151. The molecule has 6 nitrogen and oxygen atoms in total. The number of carbonyl (C=O) groups excluding carboxylic acids is 1. The van der Waals surface area contributed by atoms with Gasteiger partial charge in [0, 0.05) is 19.3 Å². The highest BCUT2D eigenvalue weighted by atomic mass is 32.2. The van der Waals surface area contributed by atoms with E-state index in [0.717, 1.165) is 5.56 Å². The Bertz CT molecular complexity index is 654. The molecule has 0 atom stereocenters. The van der Waals surface area contributed by atoms with E-state index in [2.05, 4.69) is 4.72 Å². The first kappa shape index (κ1) is 17.5. The lowest BCUT2D eigenvalue weighted by Gasteiger charge is -2.17. The minimum Gasteiger partial charge on any atom is -0.398 e. The fourth-order valence-corrected chi connectivity index (χ4v) is 3.59. The van der Waals surface area contributed by atoms with Crippen LogP contribution in [-0.2, 0) is 14.8 Å². The summed E-state index contributed by atoms with van der Waals surface area (Å²) in [5.74, 6) is -0.281. The fraction of sp³-hybridized carbons (Fsp3) is 0.500. The lowest BCUT2D eigenvalue weighted by Crippen LogP contribution is -2.38. The van der Waals surface area contributed by atoms with Crippen molar-refractivity contribution in [1.82, 2.24) is 9.62 Å². The van der Waals surface area contributed by atoms with Crippen LogP contribution in [0, 0.1) is 20.8 Å². The van der Waals surface area contributed by atoms with Gasteiger partial charge in [0.05, 0.1) is 11.4 Å². The van der Waals surface area contributed by atoms with Gasteiger partial charge in [0.2, 0.25) is 15.9 Å². The van der Waals surface area contributed by atoms with Gasteiger partial charge in [-0.15, -0.1) is 0 Å². The average molecular weight is 313 g/mol. The number of hydrogen-bond acceptors (Lipinski definition) is 4. The van der Waals surface area contributed by atoms with E-state index in [1.165, 1.54) is 4.90 Å². The average Bonchev–Trinajstić information content (AvgIpc) is 2.41. The standard InChI is InChI=1S/C14H23N3O3S/c1-6-17(5)12(18)8-16-21(19,20)14-10(3)7-9(2)13(15)11(14)4/h7,16H,6,8,15H2,1-5H3. The van der Waals surface area contributed by atoms with Crippen molar-refractivity contribution in [2.45, 2.75) is 32.6 Å². The van der Waals surface area contributed by atoms with E-state index in [1.54, 1.807) is 27.0 Å². The number of nitrogens with two attached hydrogens (primary N) is 1. The van der Waals surface area contributed by atoms with Crippen LogP contribution in [0.5, 0.6) is 0 Å². The molecule has 0 aromatic heterocycles. The Morgan fingerprint density at radius 1 is 1.29 bits per heavy atom. The summed E-state index contributed by atoms with van der Waals surface area (Å²) in [5.41, 5.74) is 8.33.